The van der Waals surface area contributed by atoms with Crippen molar-refractivity contribution in [3.8, 4) is 0 Å². The second kappa shape index (κ2) is 5.43. The van der Waals surface area contributed by atoms with Crippen LogP contribution in [0, 0.1) is 13.8 Å². The molecule has 0 atom stereocenters. The van der Waals surface area contributed by atoms with Gasteiger partial charge in [-0.3, -0.25) is 0 Å². The number of aromatic nitrogens is 1. The fourth-order valence-corrected chi connectivity index (χ4v) is 1.66. The number of hydrogen-bond donors (Lipinski definition) is 3. The van der Waals surface area contributed by atoms with Crippen LogP contribution >= 0.6 is 0 Å². The molecule has 1 aromatic carbocycles. The first-order chi connectivity index (χ1) is 9.06. The molecule has 0 unspecified atom stereocenters. The zero-order valence-electron chi connectivity index (χ0n) is 10.9. The van der Waals surface area contributed by atoms with Crippen molar-refractivity contribution in [1.82, 2.24) is 10.5 Å². The van der Waals surface area contributed by atoms with E-state index < -0.39 is 0 Å². The first kappa shape index (κ1) is 12.9. The molecule has 0 aliphatic carbocycles. The average Bonchev–Trinajstić information content (AvgIpc) is 2.70. The Morgan fingerprint density at radius 3 is 2.58 bits per heavy atom. The van der Waals surface area contributed by atoms with E-state index in [1.54, 1.807) is 24.3 Å². The summed E-state index contributed by atoms with van der Waals surface area (Å²) >= 11 is 0. The van der Waals surface area contributed by atoms with Crippen molar-refractivity contribution in [3.63, 3.8) is 0 Å². The summed E-state index contributed by atoms with van der Waals surface area (Å²) in [5, 5.41) is 9.29. The number of nitrogens with zero attached hydrogens (tertiary/aromatic N) is 1. The summed E-state index contributed by atoms with van der Waals surface area (Å²) in [5.41, 5.74) is 8.59. The number of hydrogen-bond acceptors (Lipinski definition) is 4. The molecule has 4 N–H and O–H groups in total. The van der Waals surface area contributed by atoms with Gasteiger partial charge in [0.1, 0.15) is 5.76 Å². The number of amides is 2. The van der Waals surface area contributed by atoms with Crippen molar-refractivity contribution in [2.45, 2.75) is 20.4 Å². The number of aryl methyl sites for hydroxylation is 2. The van der Waals surface area contributed by atoms with Crippen molar-refractivity contribution < 1.29 is 9.32 Å². The van der Waals surface area contributed by atoms with Crippen LogP contribution in [0.3, 0.4) is 0 Å². The lowest BCUT2D eigenvalue weighted by molar-refractivity contribution is 0.251. The van der Waals surface area contributed by atoms with Crippen molar-refractivity contribution in [2.24, 2.45) is 0 Å². The molecule has 0 aliphatic rings. The molecular formula is C13H16N4O2. The molecule has 0 spiro atoms. The zero-order valence-corrected chi connectivity index (χ0v) is 10.9. The van der Waals surface area contributed by atoms with E-state index in [0.717, 1.165) is 11.3 Å². The minimum absolute atomic E-state index is 0.287. The summed E-state index contributed by atoms with van der Waals surface area (Å²) in [4.78, 5) is 11.7. The van der Waals surface area contributed by atoms with E-state index >= 15 is 0 Å². The van der Waals surface area contributed by atoms with E-state index in [9.17, 15) is 4.79 Å². The predicted octanol–water partition coefficient (Wildman–Crippen LogP) is 2.20. The van der Waals surface area contributed by atoms with Crippen LogP contribution in [-0.2, 0) is 6.54 Å². The molecule has 0 fully saturated rings. The van der Waals surface area contributed by atoms with Gasteiger partial charge in [0.05, 0.1) is 5.69 Å². The van der Waals surface area contributed by atoms with Crippen molar-refractivity contribution in [3.05, 3.63) is 41.3 Å². The topological polar surface area (TPSA) is 93.2 Å². The zero-order chi connectivity index (χ0) is 13.8. The lowest BCUT2D eigenvalue weighted by Crippen LogP contribution is -2.28. The molecule has 2 amide bonds. The Kier molecular flexibility index (Phi) is 3.70. The number of anilines is 2. The summed E-state index contributed by atoms with van der Waals surface area (Å²) in [6.07, 6.45) is 0. The highest BCUT2D eigenvalue weighted by molar-refractivity contribution is 5.89. The molecular weight excluding hydrogens is 244 g/mol. The molecule has 6 nitrogen and oxygen atoms in total. The quantitative estimate of drug-likeness (QED) is 0.737. The Morgan fingerprint density at radius 1 is 1.32 bits per heavy atom. The minimum Gasteiger partial charge on any atom is -0.399 e. The van der Waals surface area contributed by atoms with Gasteiger partial charge in [-0.1, -0.05) is 5.16 Å². The molecule has 0 saturated carbocycles. The number of carbonyl (C=O) groups excluding carboxylic acids is 1. The van der Waals surface area contributed by atoms with E-state index in [2.05, 4.69) is 15.8 Å². The molecule has 100 valence electrons. The van der Waals surface area contributed by atoms with Gasteiger partial charge < -0.3 is 20.9 Å². The number of carbonyl (C=O) groups is 1. The fourth-order valence-electron chi connectivity index (χ4n) is 1.66. The second-order valence-electron chi connectivity index (χ2n) is 4.23. The fraction of sp³-hybridized carbons (Fsp3) is 0.231. The molecule has 2 rings (SSSR count). The number of rotatable bonds is 3. The van der Waals surface area contributed by atoms with Crippen molar-refractivity contribution in [1.29, 1.82) is 0 Å². The summed E-state index contributed by atoms with van der Waals surface area (Å²) in [7, 11) is 0. The number of benzene rings is 1. The van der Waals surface area contributed by atoms with Gasteiger partial charge in [0.2, 0.25) is 0 Å². The van der Waals surface area contributed by atoms with Crippen LogP contribution in [0.4, 0.5) is 16.2 Å². The van der Waals surface area contributed by atoms with Gasteiger partial charge in [-0.15, -0.1) is 0 Å². The normalized spacial score (nSPS) is 10.2. The van der Waals surface area contributed by atoms with Crippen molar-refractivity contribution >= 4 is 17.4 Å². The van der Waals surface area contributed by atoms with Crippen LogP contribution in [0.1, 0.15) is 17.0 Å². The van der Waals surface area contributed by atoms with E-state index in [4.69, 9.17) is 10.3 Å². The van der Waals surface area contributed by atoms with Crippen LogP contribution < -0.4 is 16.4 Å². The van der Waals surface area contributed by atoms with Crippen molar-refractivity contribution in [2.75, 3.05) is 11.1 Å². The highest BCUT2D eigenvalue weighted by Gasteiger charge is 2.10. The largest absolute Gasteiger partial charge is 0.399 e. The number of nitrogen functional groups attached to an aromatic ring is 1. The molecule has 1 heterocycles. The van der Waals surface area contributed by atoms with Gasteiger partial charge in [0, 0.05) is 23.5 Å². The van der Waals surface area contributed by atoms with Crippen LogP contribution in [0.15, 0.2) is 28.8 Å². The summed E-state index contributed by atoms with van der Waals surface area (Å²) in [6, 6.07) is 6.65. The van der Waals surface area contributed by atoms with Crippen LogP contribution in [0.5, 0.6) is 0 Å². The third-order valence-corrected chi connectivity index (χ3v) is 2.78. The Balaban J connectivity index is 1.90. The first-order valence-corrected chi connectivity index (χ1v) is 5.88. The lowest BCUT2D eigenvalue weighted by atomic mass is 10.2. The van der Waals surface area contributed by atoms with Gasteiger partial charge in [0.25, 0.3) is 0 Å². The molecule has 0 bridgehead atoms. The highest BCUT2D eigenvalue weighted by atomic mass is 16.5. The van der Waals surface area contributed by atoms with E-state index in [1.807, 2.05) is 13.8 Å². The summed E-state index contributed by atoms with van der Waals surface area (Å²) < 4.78 is 5.02. The SMILES string of the molecule is Cc1noc(C)c1CNC(=O)Nc1ccc(N)cc1. The Hall–Kier alpha value is -2.50. The maximum absolute atomic E-state index is 11.7. The van der Waals surface area contributed by atoms with Gasteiger partial charge >= 0.3 is 6.03 Å². The summed E-state index contributed by atoms with van der Waals surface area (Å²) in [6.45, 7) is 4.03. The third kappa shape index (κ3) is 3.25. The monoisotopic (exact) mass is 260 g/mol. The number of nitrogens with two attached hydrogens (primary N) is 1. The standard InChI is InChI=1S/C13H16N4O2/c1-8-12(9(2)19-17-8)7-15-13(18)16-11-5-3-10(14)4-6-11/h3-6H,7,14H2,1-2H3,(H2,15,16,18). The molecule has 19 heavy (non-hydrogen) atoms. The van der Waals surface area contributed by atoms with Crippen LogP contribution in [0.2, 0.25) is 0 Å². The molecule has 6 heteroatoms. The highest BCUT2D eigenvalue weighted by Crippen LogP contribution is 2.12. The molecule has 1 aromatic heterocycles. The minimum atomic E-state index is -0.287. The number of urea groups is 1. The Morgan fingerprint density at radius 2 is 2.00 bits per heavy atom. The number of nitrogens with one attached hydrogen (secondary N) is 2. The lowest BCUT2D eigenvalue weighted by Gasteiger charge is -2.07. The van der Waals surface area contributed by atoms with Crippen LogP contribution in [0.25, 0.3) is 0 Å². The van der Waals surface area contributed by atoms with Gasteiger partial charge in [-0.05, 0) is 38.1 Å². The van der Waals surface area contributed by atoms with Gasteiger partial charge in [0.15, 0.2) is 0 Å². The average molecular weight is 260 g/mol. The Bertz CT molecular complexity index is 555. The molecule has 0 radical (unpaired) electrons. The second-order valence-corrected chi connectivity index (χ2v) is 4.23. The van der Waals surface area contributed by atoms with E-state index in [-0.39, 0.29) is 6.03 Å². The van der Waals surface area contributed by atoms with E-state index in [0.29, 0.717) is 23.7 Å². The first-order valence-electron chi connectivity index (χ1n) is 5.88. The molecule has 0 saturated heterocycles. The summed E-state index contributed by atoms with van der Waals surface area (Å²) in [5.74, 6) is 0.713. The van der Waals surface area contributed by atoms with E-state index in [1.165, 1.54) is 0 Å². The molecule has 2 aromatic rings. The maximum Gasteiger partial charge on any atom is 0.319 e. The Labute approximate surface area is 111 Å². The molecule has 0 aliphatic heterocycles. The predicted molar refractivity (Wildman–Crippen MR) is 72.7 cm³/mol. The smallest absolute Gasteiger partial charge is 0.319 e. The van der Waals surface area contributed by atoms with Gasteiger partial charge in [-0.25, -0.2) is 4.79 Å². The maximum atomic E-state index is 11.7. The van der Waals surface area contributed by atoms with Crippen LogP contribution in [-0.4, -0.2) is 11.2 Å². The van der Waals surface area contributed by atoms with Gasteiger partial charge in [-0.2, -0.15) is 0 Å². The third-order valence-electron chi connectivity index (χ3n) is 2.78.